The fraction of sp³-hybridized carbons (Fsp3) is 0.933. The zero-order valence-corrected chi connectivity index (χ0v) is 47.3. The van der Waals surface area contributed by atoms with Crippen LogP contribution in [-0.2, 0) is 38.0 Å². The summed E-state index contributed by atoms with van der Waals surface area (Å²) in [7, 11) is 0. The minimum absolute atomic E-state index is 0.171. The van der Waals surface area contributed by atoms with Crippen LogP contribution in [0.2, 0.25) is 0 Å². The van der Waals surface area contributed by atoms with Crippen LogP contribution >= 0.6 is 0 Å². The average molecular weight is 1070 g/mol. The lowest BCUT2D eigenvalue weighted by Gasteiger charge is -2.42. The second-order valence-corrected chi connectivity index (χ2v) is 21.9. The van der Waals surface area contributed by atoms with E-state index in [2.05, 4.69) is 26.0 Å². The van der Waals surface area contributed by atoms with Crippen molar-refractivity contribution in [3.63, 3.8) is 0 Å². The highest BCUT2D eigenvalue weighted by Gasteiger charge is 2.47. The fourth-order valence-electron chi connectivity index (χ4n) is 9.98. The Bertz CT molecular complexity index is 1350. The summed E-state index contributed by atoms with van der Waals surface area (Å²) in [5.41, 5.74) is 0. The van der Waals surface area contributed by atoms with Crippen LogP contribution in [0.25, 0.3) is 0 Å². The molecule has 75 heavy (non-hydrogen) atoms. The van der Waals surface area contributed by atoms with E-state index in [1.165, 1.54) is 180 Å². The molecule has 2 rings (SSSR count). The van der Waals surface area contributed by atoms with Crippen molar-refractivity contribution in [1.82, 2.24) is 0 Å². The first-order valence-electron chi connectivity index (χ1n) is 30.8. The highest BCUT2D eigenvalue weighted by Crippen LogP contribution is 2.27. The number of carbonyl (C=O) groups is 2. The van der Waals surface area contributed by atoms with Crippen LogP contribution in [0, 0.1) is 0 Å². The number of ether oxygens (including phenoxy) is 6. The molecule has 0 aliphatic carbocycles. The van der Waals surface area contributed by atoms with Gasteiger partial charge in [0.2, 0.25) is 0 Å². The molecular weight excluding hydrogens is 961 g/mol. The van der Waals surface area contributed by atoms with Crippen LogP contribution < -0.4 is 0 Å². The molecule has 2 fully saturated rings. The summed E-state index contributed by atoms with van der Waals surface area (Å²) in [4.78, 5) is 25.9. The van der Waals surface area contributed by atoms with Crippen molar-refractivity contribution in [2.75, 3.05) is 26.4 Å². The number of hydrogen-bond acceptors (Lipinski definition) is 15. The molecule has 0 spiro atoms. The zero-order valence-electron chi connectivity index (χ0n) is 47.3. The van der Waals surface area contributed by atoms with Gasteiger partial charge in [0.25, 0.3) is 0 Å². The van der Waals surface area contributed by atoms with E-state index < -0.39 is 92.7 Å². The Balaban J connectivity index is 1.72. The topological polar surface area (TPSA) is 231 Å². The third kappa shape index (κ3) is 34.1. The minimum Gasteiger partial charge on any atom is -0.462 e. The standard InChI is InChI=1S/C60H112O15/c1-3-5-7-9-11-13-15-17-19-21-22-23-24-25-27-29-31-33-35-37-39-41-43-52(63)73-48(45-70-51(62)42-40-38-36-34-32-30-28-26-20-18-16-14-12-10-8-6-4-2)46-71-59-58(69)56(67)54(65)50(75-59)47-72-60-57(68)55(66)53(64)49(44-61)74-60/h18,20,48-50,53-61,64-69H,3-17,19,21-47H2,1-2H3/b20-18+/t48-,49+,50+,53-,54-,55?,56?,57?,58?,59+,60+/m1/s1. The van der Waals surface area contributed by atoms with Crippen molar-refractivity contribution in [2.24, 2.45) is 0 Å². The van der Waals surface area contributed by atoms with Crippen molar-refractivity contribution in [3.05, 3.63) is 12.2 Å². The molecule has 0 aromatic heterocycles. The molecule has 7 N–H and O–H groups in total. The molecule has 0 aromatic rings. The zero-order chi connectivity index (χ0) is 54.6. The van der Waals surface area contributed by atoms with E-state index in [-0.39, 0.29) is 26.1 Å². The predicted molar refractivity (Wildman–Crippen MR) is 294 cm³/mol. The molecule has 15 heteroatoms. The fourth-order valence-corrected chi connectivity index (χ4v) is 9.98. The van der Waals surface area contributed by atoms with Crippen LogP contribution in [0.5, 0.6) is 0 Å². The molecule has 0 aromatic carbocycles. The van der Waals surface area contributed by atoms with Gasteiger partial charge in [-0.3, -0.25) is 9.59 Å². The molecule has 2 heterocycles. The molecule has 442 valence electrons. The van der Waals surface area contributed by atoms with E-state index in [0.29, 0.717) is 12.8 Å². The number of allylic oxidation sites excluding steroid dienone is 2. The maximum absolute atomic E-state index is 13.1. The molecule has 2 saturated heterocycles. The second kappa shape index (κ2) is 47.1. The number of rotatable bonds is 50. The van der Waals surface area contributed by atoms with Crippen LogP contribution in [0.1, 0.15) is 264 Å². The van der Waals surface area contributed by atoms with Crippen molar-refractivity contribution >= 4 is 11.9 Å². The van der Waals surface area contributed by atoms with E-state index >= 15 is 0 Å². The van der Waals surface area contributed by atoms with Gasteiger partial charge in [0.05, 0.1) is 19.8 Å². The number of unbranched alkanes of at least 4 members (excludes halogenated alkanes) is 34. The first-order valence-corrected chi connectivity index (χ1v) is 30.8. The van der Waals surface area contributed by atoms with Crippen LogP contribution in [-0.4, -0.2) is 142 Å². The van der Waals surface area contributed by atoms with E-state index in [1.807, 2.05) is 0 Å². The summed E-state index contributed by atoms with van der Waals surface area (Å²) in [6.45, 7) is 2.65. The van der Waals surface area contributed by atoms with Gasteiger partial charge in [0.15, 0.2) is 18.7 Å². The molecule has 4 unspecified atom stereocenters. The third-order valence-corrected chi connectivity index (χ3v) is 15.0. The number of carbonyl (C=O) groups excluding carboxylic acids is 2. The summed E-state index contributed by atoms with van der Waals surface area (Å²) in [6, 6.07) is 0. The molecule has 0 amide bonds. The highest BCUT2D eigenvalue weighted by atomic mass is 16.7. The smallest absolute Gasteiger partial charge is 0.306 e. The lowest BCUT2D eigenvalue weighted by Crippen LogP contribution is -2.61. The molecular formula is C60H112O15. The Hall–Kier alpha value is -1.76. The summed E-state index contributed by atoms with van der Waals surface area (Å²) in [5.74, 6) is -0.912. The summed E-state index contributed by atoms with van der Waals surface area (Å²) in [6.07, 6.45) is 33.7. The molecule has 11 atom stereocenters. The van der Waals surface area contributed by atoms with Crippen molar-refractivity contribution in [3.8, 4) is 0 Å². The van der Waals surface area contributed by atoms with Crippen LogP contribution in [0.4, 0.5) is 0 Å². The van der Waals surface area contributed by atoms with Crippen LogP contribution in [0.3, 0.4) is 0 Å². The van der Waals surface area contributed by atoms with Gasteiger partial charge < -0.3 is 64.2 Å². The molecule has 15 nitrogen and oxygen atoms in total. The van der Waals surface area contributed by atoms with Gasteiger partial charge in [0.1, 0.15) is 55.4 Å². The van der Waals surface area contributed by atoms with E-state index in [1.54, 1.807) is 0 Å². The number of hydrogen-bond donors (Lipinski definition) is 7. The summed E-state index contributed by atoms with van der Waals surface area (Å²) < 4.78 is 33.8. The Morgan fingerprint density at radius 1 is 0.413 bits per heavy atom. The third-order valence-electron chi connectivity index (χ3n) is 15.0. The van der Waals surface area contributed by atoms with Gasteiger partial charge in [-0.1, -0.05) is 225 Å². The van der Waals surface area contributed by atoms with Gasteiger partial charge in [-0.05, 0) is 38.5 Å². The maximum atomic E-state index is 13.1. The predicted octanol–water partition coefficient (Wildman–Crippen LogP) is 10.9. The Kier molecular flexibility index (Phi) is 43.5. The number of esters is 2. The SMILES string of the molecule is CCCCCCCC/C=C/CCCCCCCCCC(=O)OC[C@H](CO[C@H]1O[C@@H](CO[C@H]2O[C@@H](CO)[C@@H](O)C(O)C2O)[C@@H](O)C(O)C1O)OC(=O)CCCCCCCCCCCCCCCCCCCCCCCC. The van der Waals surface area contributed by atoms with Gasteiger partial charge in [0, 0.05) is 12.8 Å². The number of aliphatic hydroxyl groups is 7. The van der Waals surface area contributed by atoms with Crippen molar-refractivity contribution in [2.45, 2.75) is 332 Å². The Labute approximate surface area is 454 Å². The number of aliphatic hydroxyl groups excluding tert-OH is 7. The van der Waals surface area contributed by atoms with E-state index in [4.69, 9.17) is 28.4 Å². The minimum atomic E-state index is -1.76. The summed E-state index contributed by atoms with van der Waals surface area (Å²) >= 11 is 0. The molecule has 0 saturated carbocycles. The average Bonchev–Trinajstić information content (AvgIpc) is 3.40. The van der Waals surface area contributed by atoms with Gasteiger partial charge in [-0.2, -0.15) is 0 Å². The van der Waals surface area contributed by atoms with E-state index in [9.17, 15) is 45.3 Å². The molecule has 0 radical (unpaired) electrons. The molecule has 2 aliphatic heterocycles. The summed E-state index contributed by atoms with van der Waals surface area (Å²) in [5, 5.41) is 72.3. The largest absolute Gasteiger partial charge is 0.462 e. The van der Waals surface area contributed by atoms with E-state index in [0.717, 1.165) is 44.9 Å². The highest BCUT2D eigenvalue weighted by molar-refractivity contribution is 5.70. The second-order valence-electron chi connectivity index (χ2n) is 21.9. The van der Waals surface area contributed by atoms with Crippen molar-refractivity contribution < 1.29 is 73.8 Å². The monoisotopic (exact) mass is 1070 g/mol. The Morgan fingerprint density at radius 3 is 1.17 bits per heavy atom. The first-order chi connectivity index (χ1) is 36.5. The van der Waals surface area contributed by atoms with Crippen LogP contribution in [0.15, 0.2) is 12.2 Å². The van der Waals surface area contributed by atoms with Crippen molar-refractivity contribution in [1.29, 1.82) is 0 Å². The lowest BCUT2D eigenvalue weighted by molar-refractivity contribution is -0.332. The maximum Gasteiger partial charge on any atom is 0.306 e. The van der Waals surface area contributed by atoms with Gasteiger partial charge in [-0.25, -0.2) is 0 Å². The first kappa shape index (κ1) is 69.3. The Morgan fingerprint density at radius 2 is 0.760 bits per heavy atom. The van der Waals surface area contributed by atoms with Gasteiger partial charge >= 0.3 is 11.9 Å². The lowest BCUT2D eigenvalue weighted by atomic mass is 9.98. The molecule has 0 bridgehead atoms. The van der Waals surface area contributed by atoms with Gasteiger partial charge in [-0.15, -0.1) is 0 Å². The molecule has 2 aliphatic rings. The normalized spacial score (nSPS) is 24.5. The quantitative estimate of drug-likeness (QED) is 0.0171.